The van der Waals surface area contributed by atoms with Crippen LogP contribution in [0.3, 0.4) is 0 Å². The molecule has 9 nitrogen and oxygen atoms in total. The minimum atomic E-state index is 0.367. The van der Waals surface area contributed by atoms with Crippen LogP contribution in [0.25, 0.3) is 43.8 Å². The molecule has 0 amide bonds. The van der Waals surface area contributed by atoms with Crippen molar-refractivity contribution in [2.24, 2.45) is 13.0 Å². The number of ether oxygens (including phenoxy) is 1. The lowest BCUT2D eigenvalue weighted by Gasteiger charge is -2.31. The highest BCUT2D eigenvalue weighted by Crippen LogP contribution is 2.37. The van der Waals surface area contributed by atoms with E-state index < -0.39 is 0 Å². The Bertz CT molecular complexity index is 1720. The number of aromatic nitrogens is 5. The number of nitriles is 1. The average Bonchev–Trinajstić information content (AvgIpc) is 3.61. The van der Waals surface area contributed by atoms with E-state index in [2.05, 4.69) is 39.1 Å². The van der Waals surface area contributed by atoms with Gasteiger partial charge in [0.1, 0.15) is 0 Å². The summed E-state index contributed by atoms with van der Waals surface area (Å²) in [5.74, 6) is 0.367. The van der Waals surface area contributed by atoms with Crippen LogP contribution in [0.1, 0.15) is 19.3 Å². The Hall–Kier alpha value is -4.73. The minimum Gasteiger partial charge on any atom is -0.464 e. The fraction of sp³-hybridized carbons (Fsp3) is 0.300. The van der Waals surface area contributed by atoms with Crippen molar-refractivity contribution in [3.63, 3.8) is 0 Å². The molecule has 1 aliphatic heterocycles. The predicted octanol–water partition coefficient (Wildman–Crippen LogP) is 5.51. The number of imidazole rings is 1. The van der Waals surface area contributed by atoms with Crippen molar-refractivity contribution in [3.8, 4) is 34.5 Å². The van der Waals surface area contributed by atoms with Crippen LogP contribution in [0, 0.1) is 23.8 Å². The van der Waals surface area contributed by atoms with E-state index in [1.807, 2.05) is 52.8 Å². The van der Waals surface area contributed by atoms with Crippen molar-refractivity contribution in [1.29, 1.82) is 5.26 Å². The van der Waals surface area contributed by atoms with Gasteiger partial charge in [-0.1, -0.05) is 30.3 Å². The lowest BCUT2D eigenvalue weighted by Crippen LogP contribution is -2.38. The second-order valence-electron chi connectivity index (χ2n) is 9.97. The highest BCUT2D eigenvalue weighted by Gasteiger charge is 2.23. The molecule has 1 aliphatic rings. The summed E-state index contributed by atoms with van der Waals surface area (Å²) >= 11 is 0. The third-order valence-corrected chi connectivity index (χ3v) is 7.41. The van der Waals surface area contributed by atoms with Gasteiger partial charge in [-0.05, 0) is 42.6 Å². The molecular formula is C30H28N8O. The fourth-order valence-electron chi connectivity index (χ4n) is 5.43. The van der Waals surface area contributed by atoms with Crippen LogP contribution in [0.4, 0.5) is 5.69 Å². The van der Waals surface area contributed by atoms with Gasteiger partial charge >= 0.3 is 6.01 Å². The van der Waals surface area contributed by atoms with E-state index in [0.717, 1.165) is 71.4 Å². The first-order chi connectivity index (χ1) is 19.1. The minimum absolute atomic E-state index is 0.367. The standard InChI is InChI=1S/C30H28N8O/c1-32-25-9-6-22(7-10-25)28-27(23-8-11-26-24(17-23)18-34-36(26)2)29-33-13-16-38(29)30(35-28)39-20-21-5-3-14-37(19-21)15-4-12-31/h6-11,13,16-18,21H,3-5,14-15,19-20H2,2H3/t21-/m1/s1. The van der Waals surface area contributed by atoms with Crippen LogP contribution in [0.15, 0.2) is 61.1 Å². The number of likely N-dealkylation sites (tertiary alicyclic amines) is 1. The van der Waals surface area contributed by atoms with Gasteiger partial charge < -0.3 is 9.64 Å². The Balaban J connectivity index is 1.41. The molecule has 3 aromatic heterocycles. The Morgan fingerprint density at radius 1 is 1.18 bits per heavy atom. The van der Waals surface area contributed by atoms with Gasteiger partial charge in [-0.15, -0.1) is 0 Å². The summed E-state index contributed by atoms with van der Waals surface area (Å²) in [5.41, 5.74) is 5.90. The molecule has 4 heterocycles. The second-order valence-corrected chi connectivity index (χ2v) is 9.97. The van der Waals surface area contributed by atoms with Gasteiger partial charge in [0.25, 0.3) is 0 Å². The van der Waals surface area contributed by atoms with Crippen molar-refractivity contribution >= 4 is 22.2 Å². The SMILES string of the molecule is [C-]#[N+]c1ccc(-c2nc(OC[C@@H]3CCCN(CCC#N)C3)n3ccnc3c2-c2ccc3c(cnn3C)c2)cc1. The molecule has 0 saturated carbocycles. The highest BCUT2D eigenvalue weighted by atomic mass is 16.5. The summed E-state index contributed by atoms with van der Waals surface area (Å²) in [7, 11) is 1.93. The Morgan fingerprint density at radius 2 is 2.03 bits per heavy atom. The predicted molar refractivity (Wildman–Crippen MR) is 149 cm³/mol. The third kappa shape index (κ3) is 4.81. The van der Waals surface area contributed by atoms with Crippen molar-refractivity contribution in [2.75, 3.05) is 26.2 Å². The van der Waals surface area contributed by atoms with Gasteiger partial charge in [0.15, 0.2) is 11.3 Å². The maximum atomic E-state index is 8.97. The summed E-state index contributed by atoms with van der Waals surface area (Å²) in [4.78, 5) is 15.7. The second kappa shape index (κ2) is 10.6. The normalized spacial score (nSPS) is 15.8. The fourth-order valence-corrected chi connectivity index (χ4v) is 5.43. The number of hydrogen-bond donors (Lipinski definition) is 0. The van der Waals surface area contributed by atoms with Gasteiger partial charge in [0, 0.05) is 50.3 Å². The molecule has 6 rings (SSSR count). The quantitative estimate of drug-likeness (QED) is 0.265. The molecule has 39 heavy (non-hydrogen) atoms. The first kappa shape index (κ1) is 24.6. The van der Waals surface area contributed by atoms with Crippen molar-refractivity contribution < 1.29 is 4.74 Å². The number of nitrogens with zero attached hydrogens (tertiary/aromatic N) is 8. The molecule has 0 N–H and O–H groups in total. The van der Waals surface area contributed by atoms with E-state index >= 15 is 0 Å². The van der Waals surface area contributed by atoms with Gasteiger partial charge in [0.05, 0.1) is 42.2 Å². The summed E-state index contributed by atoms with van der Waals surface area (Å²) in [6.07, 6.45) is 8.25. The molecule has 0 spiro atoms. The van der Waals surface area contributed by atoms with E-state index in [1.165, 1.54) is 0 Å². The first-order valence-corrected chi connectivity index (χ1v) is 13.1. The van der Waals surface area contributed by atoms with E-state index in [9.17, 15) is 0 Å². The molecule has 2 aromatic carbocycles. The monoisotopic (exact) mass is 516 g/mol. The first-order valence-electron chi connectivity index (χ1n) is 13.1. The zero-order valence-electron chi connectivity index (χ0n) is 21.8. The molecule has 1 atom stereocenters. The maximum Gasteiger partial charge on any atom is 0.302 e. The van der Waals surface area contributed by atoms with Crippen LogP contribution in [0.2, 0.25) is 0 Å². The number of rotatable bonds is 7. The molecular weight excluding hydrogens is 488 g/mol. The van der Waals surface area contributed by atoms with Crippen LogP contribution < -0.4 is 4.74 Å². The van der Waals surface area contributed by atoms with Crippen molar-refractivity contribution in [1.82, 2.24) is 29.0 Å². The van der Waals surface area contributed by atoms with E-state index in [4.69, 9.17) is 26.5 Å². The molecule has 194 valence electrons. The highest BCUT2D eigenvalue weighted by molar-refractivity contribution is 5.94. The largest absolute Gasteiger partial charge is 0.464 e. The van der Waals surface area contributed by atoms with Crippen molar-refractivity contribution in [3.05, 3.63) is 72.5 Å². The lowest BCUT2D eigenvalue weighted by molar-refractivity contribution is 0.126. The molecule has 5 aromatic rings. The molecule has 1 fully saturated rings. The van der Waals surface area contributed by atoms with Gasteiger partial charge in [-0.2, -0.15) is 15.3 Å². The molecule has 1 saturated heterocycles. The Kier molecular flexibility index (Phi) is 6.66. The number of benzene rings is 2. The zero-order valence-corrected chi connectivity index (χ0v) is 21.8. The van der Waals surface area contributed by atoms with Gasteiger partial charge in [-0.3, -0.25) is 9.08 Å². The maximum absolute atomic E-state index is 8.97. The summed E-state index contributed by atoms with van der Waals surface area (Å²) in [5, 5.41) is 14.4. The van der Waals surface area contributed by atoms with Crippen LogP contribution in [0.5, 0.6) is 6.01 Å². The Morgan fingerprint density at radius 3 is 2.85 bits per heavy atom. The van der Waals surface area contributed by atoms with Crippen LogP contribution in [-0.4, -0.2) is 55.3 Å². The summed E-state index contributed by atoms with van der Waals surface area (Å²) in [6, 6.07) is 16.5. The van der Waals surface area contributed by atoms with Gasteiger partial charge in [0.2, 0.25) is 0 Å². The number of fused-ring (bicyclic) bond motifs is 2. The molecule has 0 aliphatic carbocycles. The van der Waals surface area contributed by atoms with Crippen molar-refractivity contribution in [2.45, 2.75) is 19.3 Å². The third-order valence-electron chi connectivity index (χ3n) is 7.41. The molecule has 0 radical (unpaired) electrons. The molecule has 0 unspecified atom stereocenters. The van der Waals surface area contributed by atoms with E-state index in [1.54, 1.807) is 6.20 Å². The number of hydrogen-bond acceptors (Lipinski definition) is 6. The lowest BCUT2D eigenvalue weighted by atomic mass is 9.98. The zero-order chi connectivity index (χ0) is 26.8. The summed E-state index contributed by atoms with van der Waals surface area (Å²) in [6.45, 7) is 10.6. The number of aryl methyl sites for hydroxylation is 1. The van der Waals surface area contributed by atoms with E-state index in [0.29, 0.717) is 30.6 Å². The molecule has 9 heteroatoms. The Labute approximate surface area is 226 Å². The van der Waals surface area contributed by atoms with Gasteiger partial charge in [-0.25, -0.2) is 9.83 Å². The average molecular weight is 517 g/mol. The summed E-state index contributed by atoms with van der Waals surface area (Å²) < 4.78 is 10.2. The molecule has 0 bridgehead atoms. The smallest absolute Gasteiger partial charge is 0.302 e. The van der Waals surface area contributed by atoms with Crippen LogP contribution in [-0.2, 0) is 7.05 Å². The topological polar surface area (TPSA) is 88.6 Å². The van der Waals surface area contributed by atoms with E-state index in [-0.39, 0.29) is 0 Å². The number of piperidine rings is 1. The van der Waals surface area contributed by atoms with Crippen LogP contribution >= 0.6 is 0 Å².